The quantitative estimate of drug-likeness (QED) is 0.751. The van der Waals surface area contributed by atoms with Crippen molar-refractivity contribution in [2.75, 3.05) is 18.2 Å². The number of carbonyl (C=O) groups is 1. The van der Waals surface area contributed by atoms with Crippen LogP contribution in [0.15, 0.2) is 40.7 Å². The molecule has 1 aliphatic heterocycles. The van der Waals surface area contributed by atoms with E-state index in [0.717, 1.165) is 46.3 Å². The molecule has 148 valence electrons. The molecule has 1 aromatic heterocycles. The third kappa shape index (κ3) is 3.43. The maximum Gasteiger partial charge on any atom is 0.227 e. The van der Waals surface area contributed by atoms with Gasteiger partial charge in [0.1, 0.15) is 11.8 Å². The summed E-state index contributed by atoms with van der Waals surface area (Å²) in [6, 6.07) is 7.62. The van der Waals surface area contributed by atoms with E-state index in [1.54, 1.807) is 18.9 Å². The molecule has 1 aromatic carbocycles. The molecule has 1 unspecified atom stereocenters. The minimum Gasteiger partial charge on any atom is -0.497 e. The first kappa shape index (κ1) is 19.1. The maximum atomic E-state index is 13.2. The van der Waals surface area contributed by atoms with Crippen molar-refractivity contribution in [1.82, 2.24) is 14.8 Å². The van der Waals surface area contributed by atoms with Gasteiger partial charge >= 0.3 is 0 Å². The van der Waals surface area contributed by atoms with Crippen molar-refractivity contribution in [3.63, 3.8) is 0 Å². The Labute approximate surface area is 169 Å². The molecule has 0 amide bonds. The predicted molar refractivity (Wildman–Crippen MR) is 111 cm³/mol. The molecule has 1 atom stereocenters. The van der Waals surface area contributed by atoms with Crippen molar-refractivity contribution in [3.8, 4) is 5.75 Å². The Kier molecular flexibility index (Phi) is 4.95. The van der Waals surface area contributed by atoms with Gasteiger partial charge in [-0.25, -0.2) is 4.68 Å². The second kappa shape index (κ2) is 7.28. The van der Waals surface area contributed by atoms with Gasteiger partial charge in [0, 0.05) is 23.4 Å². The molecule has 0 saturated heterocycles. The minimum atomic E-state index is -0.260. The third-order valence-corrected chi connectivity index (χ3v) is 6.22. The van der Waals surface area contributed by atoms with Crippen molar-refractivity contribution in [3.05, 3.63) is 41.1 Å². The van der Waals surface area contributed by atoms with Crippen molar-refractivity contribution < 1.29 is 9.53 Å². The lowest BCUT2D eigenvalue weighted by Crippen LogP contribution is -2.36. The summed E-state index contributed by atoms with van der Waals surface area (Å²) in [5.41, 5.74) is 2.75. The van der Waals surface area contributed by atoms with E-state index in [-0.39, 0.29) is 17.2 Å². The number of thioether (sulfide) groups is 1. The summed E-state index contributed by atoms with van der Waals surface area (Å²) < 4.78 is 7.17. The fourth-order valence-corrected chi connectivity index (χ4v) is 4.62. The number of nitrogens with one attached hydrogen (secondary N) is 1. The standard InChI is InChI=1S/C21H26N4O2S/c1-5-10-28-20-23-19-22-15-11-21(2,3)12-16(26)17(15)18(25(19)24-20)13-6-8-14(27-4)9-7-13/h6-9,18H,5,10-12H2,1-4H3,(H,22,23,24). The second-order valence-corrected chi connectivity index (χ2v) is 9.21. The number of nitrogens with zero attached hydrogens (tertiary/aromatic N) is 3. The van der Waals surface area contributed by atoms with Crippen molar-refractivity contribution in [2.24, 2.45) is 5.41 Å². The van der Waals surface area contributed by atoms with Crippen LogP contribution >= 0.6 is 11.8 Å². The summed E-state index contributed by atoms with van der Waals surface area (Å²) in [6.07, 6.45) is 2.43. The van der Waals surface area contributed by atoms with Crippen LogP contribution in [-0.2, 0) is 4.79 Å². The number of carbonyl (C=O) groups excluding carboxylic acids is 1. The Morgan fingerprint density at radius 1 is 1.29 bits per heavy atom. The minimum absolute atomic E-state index is 0.0602. The Bertz CT molecular complexity index is 930. The first-order chi connectivity index (χ1) is 13.4. The van der Waals surface area contributed by atoms with Gasteiger partial charge in [0.25, 0.3) is 0 Å². The number of Topliss-reactive ketones (excluding diaryl/α,β-unsaturated/α-hetero) is 1. The van der Waals surface area contributed by atoms with E-state index < -0.39 is 0 Å². The monoisotopic (exact) mass is 398 g/mol. The van der Waals surface area contributed by atoms with Crippen LogP contribution in [0.3, 0.4) is 0 Å². The maximum absolute atomic E-state index is 13.2. The molecular weight excluding hydrogens is 372 g/mol. The summed E-state index contributed by atoms with van der Waals surface area (Å²) in [5.74, 6) is 2.66. The van der Waals surface area contributed by atoms with Crippen molar-refractivity contribution in [1.29, 1.82) is 0 Å². The van der Waals surface area contributed by atoms with Crippen LogP contribution in [0.5, 0.6) is 5.75 Å². The lowest BCUT2D eigenvalue weighted by molar-refractivity contribution is -0.118. The number of rotatable bonds is 5. The van der Waals surface area contributed by atoms with Crippen molar-refractivity contribution >= 4 is 23.5 Å². The Balaban J connectivity index is 1.82. The van der Waals surface area contributed by atoms with Crippen molar-refractivity contribution in [2.45, 2.75) is 51.2 Å². The molecule has 7 heteroatoms. The van der Waals surface area contributed by atoms with Gasteiger partial charge in [0.2, 0.25) is 11.1 Å². The molecule has 6 nitrogen and oxygen atoms in total. The zero-order chi connectivity index (χ0) is 19.9. The zero-order valence-corrected chi connectivity index (χ0v) is 17.6. The molecule has 0 spiro atoms. The molecule has 0 saturated carbocycles. The van der Waals surface area contributed by atoms with Crippen LogP contribution in [0.1, 0.15) is 51.6 Å². The summed E-state index contributed by atoms with van der Waals surface area (Å²) >= 11 is 1.64. The van der Waals surface area contributed by atoms with E-state index in [0.29, 0.717) is 12.4 Å². The van der Waals surface area contributed by atoms with Crippen LogP contribution in [0.4, 0.5) is 5.95 Å². The molecule has 0 radical (unpaired) electrons. The number of allylic oxidation sites excluding steroid dienone is 2. The summed E-state index contributed by atoms with van der Waals surface area (Å²) in [4.78, 5) is 17.8. The fraction of sp³-hybridized carbons (Fsp3) is 0.476. The average Bonchev–Trinajstić information content (AvgIpc) is 3.06. The predicted octanol–water partition coefficient (Wildman–Crippen LogP) is 4.45. The van der Waals surface area contributed by atoms with Gasteiger partial charge in [0.05, 0.1) is 7.11 Å². The van der Waals surface area contributed by atoms with E-state index in [1.165, 1.54) is 0 Å². The van der Waals surface area contributed by atoms with Gasteiger partial charge in [-0.1, -0.05) is 44.7 Å². The molecule has 0 bridgehead atoms. The van der Waals surface area contributed by atoms with E-state index in [4.69, 9.17) is 14.8 Å². The van der Waals surface area contributed by atoms with Crippen LogP contribution in [-0.4, -0.2) is 33.4 Å². The van der Waals surface area contributed by atoms with Crippen LogP contribution in [0.25, 0.3) is 0 Å². The third-order valence-electron chi connectivity index (χ3n) is 5.18. The first-order valence-electron chi connectivity index (χ1n) is 9.68. The highest BCUT2D eigenvalue weighted by molar-refractivity contribution is 7.99. The van der Waals surface area contributed by atoms with E-state index >= 15 is 0 Å². The fourth-order valence-electron chi connectivity index (χ4n) is 3.94. The number of ketones is 1. The number of benzene rings is 1. The highest BCUT2D eigenvalue weighted by Gasteiger charge is 2.41. The van der Waals surface area contributed by atoms with Gasteiger partial charge in [-0.2, -0.15) is 4.98 Å². The molecule has 0 fully saturated rings. The molecule has 28 heavy (non-hydrogen) atoms. The second-order valence-electron chi connectivity index (χ2n) is 8.14. The summed E-state index contributed by atoms with van der Waals surface area (Å²) in [7, 11) is 1.65. The first-order valence-corrected chi connectivity index (χ1v) is 10.7. The molecular formula is C21H26N4O2S. The average molecular weight is 399 g/mol. The SMILES string of the molecule is CCCSc1nc2n(n1)C(c1ccc(OC)cc1)C1=C(CC(C)(C)CC1=O)N2. The largest absolute Gasteiger partial charge is 0.497 e. The Morgan fingerprint density at radius 2 is 2.04 bits per heavy atom. The lowest BCUT2D eigenvalue weighted by atomic mass is 9.73. The summed E-state index contributed by atoms with van der Waals surface area (Å²) in [5, 5.41) is 8.90. The topological polar surface area (TPSA) is 69.0 Å². The van der Waals surface area contributed by atoms with Gasteiger partial charge < -0.3 is 10.1 Å². The van der Waals surface area contributed by atoms with Crippen LogP contribution in [0.2, 0.25) is 0 Å². The van der Waals surface area contributed by atoms with Gasteiger partial charge in [-0.05, 0) is 36.0 Å². The summed E-state index contributed by atoms with van der Waals surface area (Å²) in [6.45, 7) is 6.42. The van der Waals surface area contributed by atoms with E-state index in [9.17, 15) is 4.79 Å². The van der Waals surface area contributed by atoms with E-state index in [1.807, 2.05) is 28.9 Å². The van der Waals surface area contributed by atoms with Gasteiger partial charge in [-0.15, -0.1) is 5.10 Å². The molecule has 2 aromatic rings. The number of methoxy groups -OCH3 is 1. The number of hydrogen-bond acceptors (Lipinski definition) is 6. The van der Waals surface area contributed by atoms with Gasteiger partial charge in [0.15, 0.2) is 5.78 Å². The number of ether oxygens (including phenoxy) is 1. The van der Waals surface area contributed by atoms with Gasteiger partial charge in [-0.3, -0.25) is 4.79 Å². The molecule has 2 heterocycles. The van der Waals surface area contributed by atoms with E-state index in [2.05, 4.69) is 26.1 Å². The number of anilines is 1. The number of hydrogen-bond donors (Lipinski definition) is 1. The zero-order valence-electron chi connectivity index (χ0n) is 16.8. The molecule has 2 aliphatic rings. The van der Waals surface area contributed by atoms with Crippen LogP contribution < -0.4 is 10.1 Å². The molecule has 1 N–H and O–H groups in total. The Morgan fingerprint density at radius 3 is 2.71 bits per heavy atom. The number of aromatic nitrogens is 3. The molecule has 4 rings (SSSR count). The Hall–Kier alpha value is -2.28. The molecule has 1 aliphatic carbocycles. The van der Waals surface area contributed by atoms with Crippen LogP contribution in [0, 0.1) is 5.41 Å². The number of fused-ring (bicyclic) bond motifs is 1. The smallest absolute Gasteiger partial charge is 0.227 e. The highest BCUT2D eigenvalue weighted by atomic mass is 32.2. The highest BCUT2D eigenvalue weighted by Crippen LogP contribution is 2.45. The lowest BCUT2D eigenvalue weighted by Gasteiger charge is -2.38. The normalized spacial score (nSPS) is 20.4.